The highest BCUT2D eigenvalue weighted by molar-refractivity contribution is 6.43. The molecular weight excluding hydrogens is 418 g/mol. The molecule has 4 heteroatoms. The number of hydrogen-bond acceptors (Lipinski definition) is 3. The number of nitrogens with zero attached hydrogens (tertiary/aromatic N) is 1. The molecular formula is C30H41N3O. The summed E-state index contributed by atoms with van der Waals surface area (Å²) in [6.07, 6.45) is 28.3. The van der Waals surface area contributed by atoms with E-state index in [0.717, 1.165) is 43.8 Å². The minimum absolute atomic E-state index is 0.206. The molecule has 2 fully saturated rings. The molecule has 0 spiro atoms. The lowest BCUT2D eigenvalue weighted by atomic mass is 9.93. The van der Waals surface area contributed by atoms with Crippen LogP contribution in [0.2, 0.25) is 0 Å². The first-order valence-corrected chi connectivity index (χ1v) is 12.9. The van der Waals surface area contributed by atoms with E-state index >= 15 is 0 Å². The molecule has 0 aromatic carbocycles. The summed E-state index contributed by atoms with van der Waals surface area (Å²) in [5.74, 6) is 0.583. The zero-order valence-corrected chi connectivity index (χ0v) is 21.0. The molecule has 0 saturated heterocycles. The van der Waals surface area contributed by atoms with Gasteiger partial charge in [0.15, 0.2) is 0 Å². The molecule has 1 amide bonds. The van der Waals surface area contributed by atoms with E-state index in [1.807, 2.05) is 25.3 Å². The molecule has 0 aromatic rings. The number of hydrogen-bond donors (Lipinski definition) is 2. The van der Waals surface area contributed by atoms with Crippen LogP contribution in [0.15, 0.2) is 88.8 Å². The average molecular weight is 460 g/mol. The molecule has 0 aromatic heterocycles. The van der Waals surface area contributed by atoms with Crippen molar-refractivity contribution in [1.29, 1.82) is 0 Å². The summed E-state index contributed by atoms with van der Waals surface area (Å²) < 4.78 is 0. The zero-order chi connectivity index (χ0) is 24.2. The molecule has 3 rings (SSSR count). The van der Waals surface area contributed by atoms with Gasteiger partial charge in [0.25, 0.3) is 5.91 Å². The van der Waals surface area contributed by atoms with Crippen molar-refractivity contribution in [3.8, 4) is 0 Å². The molecule has 0 aliphatic heterocycles. The number of carbonyl (C=O) groups excluding carboxylic acids is 1. The zero-order valence-electron chi connectivity index (χ0n) is 21.0. The molecule has 0 bridgehead atoms. The Balaban J connectivity index is 1.56. The van der Waals surface area contributed by atoms with E-state index < -0.39 is 0 Å². The maximum atomic E-state index is 12.8. The third-order valence-electron chi connectivity index (χ3n) is 6.58. The van der Waals surface area contributed by atoms with Gasteiger partial charge in [-0.15, -0.1) is 0 Å². The summed E-state index contributed by atoms with van der Waals surface area (Å²) in [6.45, 7) is 8.88. The second kappa shape index (κ2) is 13.9. The van der Waals surface area contributed by atoms with Gasteiger partial charge in [-0.2, -0.15) is 0 Å². The van der Waals surface area contributed by atoms with E-state index in [2.05, 4.69) is 59.5 Å². The maximum absolute atomic E-state index is 12.8. The van der Waals surface area contributed by atoms with Gasteiger partial charge in [0.05, 0.1) is 0 Å². The van der Waals surface area contributed by atoms with Crippen molar-refractivity contribution >= 4 is 11.6 Å². The first kappa shape index (κ1) is 25.9. The van der Waals surface area contributed by atoms with E-state index in [1.165, 1.54) is 48.8 Å². The number of nitrogens with one attached hydrogen (secondary N) is 2. The largest absolute Gasteiger partial charge is 0.324 e. The van der Waals surface area contributed by atoms with Crippen molar-refractivity contribution in [3.63, 3.8) is 0 Å². The average Bonchev–Trinajstić information content (AvgIpc) is 3.63. The van der Waals surface area contributed by atoms with E-state index in [4.69, 9.17) is 0 Å². The number of carbonyl (C=O) groups is 1. The number of aliphatic imine (C=N–C) groups is 1. The molecule has 3 aliphatic rings. The van der Waals surface area contributed by atoms with E-state index in [1.54, 1.807) is 6.08 Å². The molecule has 0 atom stereocenters. The van der Waals surface area contributed by atoms with Gasteiger partial charge < -0.3 is 10.6 Å². The fourth-order valence-corrected chi connectivity index (χ4v) is 4.01. The highest BCUT2D eigenvalue weighted by Crippen LogP contribution is 2.35. The Morgan fingerprint density at radius 2 is 2.00 bits per heavy atom. The standard InChI is InChI=1S/C30H41N3O/c1-4-27(14-9-8-13-24-12-7-6-11-23(3)19-24)33-30(34)29(5-2)32-22-26(20-25-17-18-25)21-31-28-15-10-16-28/h5-9,11-12,14,22,25,28,31H,2,4,10,13,15-21H2,1,3H3,(H,33,34)/b9-8-,26-22+,27-14+,32-29?. The quantitative estimate of drug-likeness (QED) is 0.240. The number of allylic oxidation sites excluding steroid dienone is 10. The number of amides is 1. The SMILES string of the molecule is C=CC(=N/C=C(/CNC1CCC1)CC1CC1)C(=O)N/C(=C/C=C\CC1=CC=CC=C(C)C1)CC. The predicted octanol–water partition coefficient (Wildman–Crippen LogP) is 6.63. The third-order valence-corrected chi connectivity index (χ3v) is 6.58. The van der Waals surface area contributed by atoms with Crippen molar-refractivity contribution in [3.05, 3.63) is 83.8 Å². The lowest BCUT2D eigenvalue weighted by Crippen LogP contribution is -2.36. The first-order chi connectivity index (χ1) is 16.6. The van der Waals surface area contributed by atoms with Crippen molar-refractivity contribution in [2.24, 2.45) is 10.9 Å². The first-order valence-electron chi connectivity index (χ1n) is 12.9. The second-order valence-electron chi connectivity index (χ2n) is 9.69. The summed E-state index contributed by atoms with van der Waals surface area (Å²) in [5, 5.41) is 6.64. The Morgan fingerprint density at radius 1 is 1.21 bits per heavy atom. The minimum Gasteiger partial charge on any atom is -0.324 e. The van der Waals surface area contributed by atoms with Gasteiger partial charge in [0, 0.05) is 24.5 Å². The van der Waals surface area contributed by atoms with Crippen LogP contribution in [0, 0.1) is 5.92 Å². The van der Waals surface area contributed by atoms with Crippen LogP contribution in [-0.4, -0.2) is 24.2 Å². The maximum Gasteiger partial charge on any atom is 0.273 e. The molecule has 182 valence electrons. The summed E-state index contributed by atoms with van der Waals surface area (Å²) in [4.78, 5) is 17.3. The van der Waals surface area contributed by atoms with Crippen molar-refractivity contribution in [2.75, 3.05) is 6.54 Å². The molecule has 0 unspecified atom stereocenters. The number of rotatable bonds is 13. The molecule has 0 radical (unpaired) electrons. The smallest absolute Gasteiger partial charge is 0.273 e. The van der Waals surface area contributed by atoms with Gasteiger partial charge >= 0.3 is 0 Å². The van der Waals surface area contributed by atoms with Gasteiger partial charge in [0.2, 0.25) is 0 Å². The van der Waals surface area contributed by atoms with Crippen LogP contribution in [0.3, 0.4) is 0 Å². The summed E-state index contributed by atoms with van der Waals surface area (Å²) >= 11 is 0. The minimum atomic E-state index is -0.206. The molecule has 3 aliphatic carbocycles. The fourth-order valence-electron chi connectivity index (χ4n) is 4.01. The molecule has 0 heterocycles. The van der Waals surface area contributed by atoms with Gasteiger partial charge in [-0.05, 0) is 81.9 Å². The van der Waals surface area contributed by atoms with Crippen LogP contribution < -0.4 is 10.6 Å². The van der Waals surface area contributed by atoms with E-state index in [-0.39, 0.29) is 5.91 Å². The monoisotopic (exact) mass is 459 g/mol. The highest BCUT2D eigenvalue weighted by Gasteiger charge is 2.23. The highest BCUT2D eigenvalue weighted by atomic mass is 16.1. The van der Waals surface area contributed by atoms with Crippen LogP contribution in [0.5, 0.6) is 0 Å². The second-order valence-corrected chi connectivity index (χ2v) is 9.69. The van der Waals surface area contributed by atoms with Crippen LogP contribution in [-0.2, 0) is 4.79 Å². The van der Waals surface area contributed by atoms with Crippen molar-refractivity contribution in [2.45, 2.75) is 77.7 Å². The van der Waals surface area contributed by atoms with Crippen LogP contribution >= 0.6 is 0 Å². The lowest BCUT2D eigenvalue weighted by Gasteiger charge is -2.27. The topological polar surface area (TPSA) is 53.5 Å². The van der Waals surface area contributed by atoms with Gasteiger partial charge in [-0.3, -0.25) is 9.79 Å². The molecule has 2 N–H and O–H groups in total. The summed E-state index contributed by atoms with van der Waals surface area (Å²) in [7, 11) is 0. The van der Waals surface area contributed by atoms with Crippen molar-refractivity contribution in [1.82, 2.24) is 10.6 Å². The van der Waals surface area contributed by atoms with Crippen molar-refractivity contribution < 1.29 is 4.79 Å². The third kappa shape index (κ3) is 9.26. The van der Waals surface area contributed by atoms with Crippen LogP contribution in [0.25, 0.3) is 0 Å². The normalized spacial score (nSPS) is 20.0. The molecule has 4 nitrogen and oxygen atoms in total. The summed E-state index contributed by atoms with van der Waals surface area (Å²) in [5.41, 5.74) is 5.27. The Labute approximate surface area is 206 Å². The Morgan fingerprint density at radius 3 is 2.68 bits per heavy atom. The molecule has 2 saturated carbocycles. The van der Waals surface area contributed by atoms with Gasteiger partial charge in [-0.25, -0.2) is 0 Å². The Bertz CT molecular complexity index is 934. The van der Waals surface area contributed by atoms with Gasteiger partial charge in [-0.1, -0.05) is 67.5 Å². The van der Waals surface area contributed by atoms with E-state index in [9.17, 15) is 4.79 Å². The molecule has 34 heavy (non-hydrogen) atoms. The van der Waals surface area contributed by atoms with Crippen LogP contribution in [0.1, 0.15) is 71.6 Å². The van der Waals surface area contributed by atoms with Crippen LogP contribution in [0.4, 0.5) is 0 Å². The predicted molar refractivity (Wildman–Crippen MR) is 145 cm³/mol. The summed E-state index contributed by atoms with van der Waals surface area (Å²) in [6, 6.07) is 0.648. The van der Waals surface area contributed by atoms with E-state index in [0.29, 0.717) is 11.8 Å². The fraction of sp³-hybridized carbons (Fsp3) is 0.467. The van der Waals surface area contributed by atoms with Gasteiger partial charge in [0.1, 0.15) is 5.71 Å². The Kier molecular flexibility index (Phi) is 10.6. The Hall–Kier alpha value is -2.72. The lowest BCUT2D eigenvalue weighted by molar-refractivity contribution is -0.114.